The SMILES string of the molecule is CCOC(=O)C(NC(=O)Nc1ccc(C(O)(C(=O)OC)C(F)(F)F)cc1)(c1ccccc1)C(F)(F)F. The third-order valence-corrected chi connectivity index (χ3v) is 4.97. The number of amides is 2. The zero-order valence-corrected chi connectivity index (χ0v) is 18.7. The number of carbonyl (C=O) groups is 3. The number of alkyl halides is 6. The van der Waals surface area contributed by atoms with E-state index in [2.05, 4.69) is 9.47 Å². The van der Waals surface area contributed by atoms with Crippen LogP contribution in [0.2, 0.25) is 0 Å². The van der Waals surface area contributed by atoms with E-state index >= 15 is 0 Å². The van der Waals surface area contributed by atoms with Crippen LogP contribution in [0.25, 0.3) is 0 Å². The van der Waals surface area contributed by atoms with Gasteiger partial charge in [-0.1, -0.05) is 42.5 Å². The Morgan fingerprint density at radius 3 is 1.83 bits per heavy atom. The van der Waals surface area contributed by atoms with Gasteiger partial charge in [-0.15, -0.1) is 0 Å². The highest BCUT2D eigenvalue weighted by atomic mass is 19.4. The van der Waals surface area contributed by atoms with E-state index in [0.717, 1.165) is 24.3 Å². The number of urea groups is 1. The maximum atomic E-state index is 14.2. The minimum Gasteiger partial charge on any atom is -0.466 e. The van der Waals surface area contributed by atoms with Crippen LogP contribution in [0.15, 0.2) is 54.6 Å². The van der Waals surface area contributed by atoms with Gasteiger partial charge in [0.25, 0.3) is 11.1 Å². The van der Waals surface area contributed by atoms with Crippen molar-refractivity contribution in [3.63, 3.8) is 0 Å². The predicted molar refractivity (Wildman–Crippen MR) is 111 cm³/mol. The summed E-state index contributed by atoms with van der Waals surface area (Å²) in [4.78, 5) is 36.6. The van der Waals surface area contributed by atoms with Crippen LogP contribution in [-0.2, 0) is 30.2 Å². The maximum absolute atomic E-state index is 14.2. The molecule has 36 heavy (non-hydrogen) atoms. The van der Waals surface area contributed by atoms with Crippen LogP contribution < -0.4 is 10.6 Å². The number of nitrogens with one attached hydrogen (secondary N) is 2. The van der Waals surface area contributed by atoms with E-state index < -0.39 is 59.2 Å². The Morgan fingerprint density at radius 1 is 0.833 bits per heavy atom. The van der Waals surface area contributed by atoms with Crippen molar-refractivity contribution >= 4 is 23.7 Å². The number of anilines is 1. The van der Waals surface area contributed by atoms with Crippen LogP contribution >= 0.6 is 0 Å². The largest absolute Gasteiger partial charge is 0.466 e. The van der Waals surface area contributed by atoms with E-state index in [-0.39, 0.29) is 5.69 Å². The second kappa shape index (κ2) is 10.4. The minimum atomic E-state index is -5.48. The van der Waals surface area contributed by atoms with Crippen LogP contribution in [0.4, 0.5) is 36.8 Å². The summed E-state index contributed by atoms with van der Waals surface area (Å²) in [6, 6.07) is 6.93. The molecule has 2 atom stereocenters. The Labute approximate surface area is 200 Å². The molecule has 3 N–H and O–H groups in total. The molecular weight excluding hydrogens is 502 g/mol. The smallest absolute Gasteiger partial charge is 0.432 e. The van der Waals surface area contributed by atoms with Gasteiger partial charge in [0, 0.05) is 11.3 Å². The fourth-order valence-corrected chi connectivity index (χ4v) is 3.19. The zero-order valence-electron chi connectivity index (χ0n) is 18.7. The molecule has 2 aromatic carbocycles. The molecule has 2 unspecified atom stereocenters. The molecule has 0 aliphatic carbocycles. The van der Waals surface area contributed by atoms with E-state index in [1.807, 2.05) is 5.32 Å². The lowest BCUT2D eigenvalue weighted by Crippen LogP contribution is -2.62. The molecule has 0 aromatic heterocycles. The Balaban J connectivity index is 2.41. The van der Waals surface area contributed by atoms with Gasteiger partial charge in [0.2, 0.25) is 0 Å². The lowest BCUT2D eigenvalue weighted by atomic mass is 9.89. The molecule has 0 aliphatic heterocycles. The van der Waals surface area contributed by atoms with Crippen molar-refractivity contribution in [3.05, 3.63) is 65.7 Å². The molecule has 2 rings (SSSR count). The van der Waals surface area contributed by atoms with Gasteiger partial charge in [-0.2, -0.15) is 26.3 Å². The first-order valence-corrected chi connectivity index (χ1v) is 10.0. The van der Waals surface area contributed by atoms with Gasteiger partial charge in [0.15, 0.2) is 0 Å². The molecule has 0 radical (unpaired) electrons. The molecule has 0 aliphatic rings. The topological polar surface area (TPSA) is 114 Å². The van der Waals surface area contributed by atoms with Crippen molar-refractivity contribution in [1.29, 1.82) is 0 Å². The van der Waals surface area contributed by atoms with Gasteiger partial charge in [0.1, 0.15) is 0 Å². The summed E-state index contributed by atoms with van der Waals surface area (Å²) < 4.78 is 91.3. The van der Waals surface area contributed by atoms with Crippen molar-refractivity contribution in [2.24, 2.45) is 0 Å². The molecule has 14 heteroatoms. The van der Waals surface area contributed by atoms with E-state index in [1.54, 1.807) is 5.32 Å². The number of ether oxygens (including phenoxy) is 2. The molecule has 0 fully saturated rings. The lowest BCUT2D eigenvalue weighted by molar-refractivity contribution is -0.266. The zero-order chi connectivity index (χ0) is 27.4. The summed E-state index contributed by atoms with van der Waals surface area (Å²) in [5.74, 6) is -3.84. The number of hydrogen-bond acceptors (Lipinski definition) is 6. The summed E-state index contributed by atoms with van der Waals surface area (Å²) >= 11 is 0. The fraction of sp³-hybridized carbons (Fsp3) is 0.318. The predicted octanol–water partition coefficient (Wildman–Crippen LogP) is 3.75. The van der Waals surface area contributed by atoms with E-state index in [4.69, 9.17) is 0 Å². The molecule has 2 aromatic rings. The number of aliphatic hydroxyl groups is 1. The number of carbonyl (C=O) groups excluding carboxylic acids is 3. The number of methoxy groups -OCH3 is 1. The standard InChI is InChI=1S/C22H20F6N2O6/c1-3-36-16(31)19(21(23,24)25,13-7-5-4-6-8-13)30-18(33)29-15-11-9-14(10-12-15)20(34,17(32)35-2)22(26,27)28/h4-12,34H,3H2,1-2H3,(H2,29,30,33). The van der Waals surface area contributed by atoms with Crippen molar-refractivity contribution in [2.75, 3.05) is 19.0 Å². The summed E-state index contributed by atoms with van der Waals surface area (Å²) in [5.41, 5.74) is -9.62. The van der Waals surface area contributed by atoms with Crippen LogP contribution in [0.5, 0.6) is 0 Å². The highest BCUT2D eigenvalue weighted by Gasteiger charge is 2.64. The first-order chi connectivity index (χ1) is 16.6. The molecular formula is C22H20F6N2O6. The van der Waals surface area contributed by atoms with Gasteiger partial charge in [-0.3, -0.25) is 0 Å². The van der Waals surface area contributed by atoms with Gasteiger partial charge in [-0.25, -0.2) is 14.4 Å². The van der Waals surface area contributed by atoms with Gasteiger partial charge >= 0.3 is 30.3 Å². The van der Waals surface area contributed by atoms with Crippen molar-refractivity contribution in [1.82, 2.24) is 5.32 Å². The van der Waals surface area contributed by atoms with Crippen LogP contribution in [0.3, 0.4) is 0 Å². The van der Waals surface area contributed by atoms with Crippen molar-refractivity contribution in [3.8, 4) is 0 Å². The Bertz CT molecular complexity index is 1090. The van der Waals surface area contributed by atoms with Crippen LogP contribution in [0, 0.1) is 0 Å². The van der Waals surface area contributed by atoms with E-state index in [1.165, 1.54) is 25.1 Å². The highest BCUT2D eigenvalue weighted by Crippen LogP contribution is 2.41. The average molecular weight is 522 g/mol. The lowest BCUT2D eigenvalue weighted by Gasteiger charge is -2.34. The van der Waals surface area contributed by atoms with Crippen LogP contribution in [-0.4, -0.2) is 49.1 Å². The molecule has 0 saturated carbocycles. The fourth-order valence-electron chi connectivity index (χ4n) is 3.19. The maximum Gasteiger partial charge on any atom is 0.432 e. The molecule has 0 spiro atoms. The Kier molecular flexibility index (Phi) is 8.24. The summed E-state index contributed by atoms with van der Waals surface area (Å²) in [6.45, 7) is 0.832. The normalized spacial score (nSPS) is 15.1. The second-order valence-corrected chi connectivity index (χ2v) is 7.19. The number of hydrogen-bond donors (Lipinski definition) is 3. The number of esters is 2. The van der Waals surface area contributed by atoms with E-state index in [0.29, 0.717) is 19.2 Å². The highest BCUT2D eigenvalue weighted by molar-refractivity contribution is 5.95. The minimum absolute atomic E-state index is 0.335. The van der Waals surface area contributed by atoms with Gasteiger partial charge in [0.05, 0.1) is 13.7 Å². The van der Waals surface area contributed by atoms with Crippen molar-refractivity contribution < 1.29 is 55.3 Å². The monoisotopic (exact) mass is 522 g/mol. The number of halogens is 6. The molecule has 196 valence electrons. The summed E-state index contributed by atoms with van der Waals surface area (Å²) in [6.07, 6.45) is -10.8. The first kappa shape index (κ1) is 28.4. The molecule has 0 heterocycles. The second-order valence-electron chi connectivity index (χ2n) is 7.19. The average Bonchev–Trinajstić information content (AvgIpc) is 2.81. The number of benzene rings is 2. The van der Waals surface area contributed by atoms with E-state index in [9.17, 15) is 45.8 Å². The Hall–Kier alpha value is -3.81. The quantitative estimate of drug-likeness (QED) is 0.377. The molecule has 0 saturated heterocycles. The summed E-state index contributed by atoms with van der Waals surface area (Å²) in [7, 11) is 0.627. The van der Waals surface area contributed by atoms with Gasteiger partial charge < -0.3 is 25.2 Å². The number of rotatable bonds is 7. The molecule has 2 amide bonds. The third-order valence-electron chi connectivity index (χ3n) is 4.97. The Morgan fingerprint density at radius 2 is 1.39 bits per heavy atom. The molecule has 8 nitrogen and oxygen atoms in total. The summed E-state index contributed by atoms with van der Waals surface area (Å²) in [5, 5.41) is 13.5. The first-order valence-electron chi connectivity index (χ1n) is 10.0. The third kappa shape index (κ3) is 5.22. The van der Waals surface area contributed by atoms with Gasteiger partial charge in [-0.05, 0) is 24.6 Å². The van der Waals surface area contributed by atoms with Crippen molar-refractivity contribution in [2.45, 2.75) is 30.4 Å². The van der Waals surface area contributed by atoms with Crippen LogP contribution in [0.1, 0.15) is 18.1 Å². The molecule has 0 bridgehead atoms.